The zero-order valence-corrected chi connectivity index (χ0v) is 11.8. The molecule has 0 spiro atoms. The van der Waals surface area contributed by atoms with E-state index in [0.29, 0.717) is 12.1 Å². The van der Waals surface area contributed by atoms with Crippen LogP contribution in [0.1, 0.15) is 21.5 Å². The Labute approximate surface area is 124 Å². The molecule has 1 unspecified atom stereocenters. The lowest BCUT2D eigenvalue weighted by atomic mass is 10.0. The topological polar surface area (TPSA) is 0 Å². The third-order valence-electron chi connectivity index (χ3n) is 2.84. The van der Waals surface area contributed by atoms with Gasteiger partial charge in [-0.3, -0.25) is 0 Å². The second kappa shape index (κ2) is 5.71. The number of hydrogen-bond acceptors (Lipinski definition) is 0. The van der Waals surface area contributed by atoms with Gasteiger partial charge in [0.25, 0.3) is 0 Å². The van der Waals surface area contributed by atoms with E-state index in [9.17, 15) is 26.3 Å². The van der Waals surface area contributed by atoms with Crippen LogP contribution in [0, 0.1) is 17.5 Å². The monoisotopic (exact) mass is 368 g/mol. The molecule has 21 heavy (non-hydrogen) atoms. The van der Waals surface area contributed by atoms with Gasteiger partial charge in [0.05, 0.1) is 10.4 Å². The molecule has 7 heteroatoms. The van der Waals surface area contributed by atoms with Crippen LogP contribution in [0.25, 0.3) is 0 Å². The van der Waals surface area contributed by atoms with Crippen molar-refractivity contribution in [2.24, 2.45) is 0 Å². The van der Waals surface area contributed by atoms with Crippen molar-refractivity contribution in [3.8, 4) is 0 Å². The van der Waals surface area contributed by atoms with Gasteiger partial charge < -0.3 is 0 Å². The maximum Gasteiger partial charge on any atom is 0.419 e. The fraction of sp³-hybridized carbons (Fsp3) is 0.143. The van der Waals surface area contributed by atoms with Gasteiger partial charge in [0.2, 0.25) is 0 Å². The van der Waals surface area contributed by atoms with Crippen molar-refractivity contribution in [2.45, 2.75) is 11.0 Å². The van der Waals surface area contributed by atoms with E-state index in [4.69, 9.17) is 0 Å². The molecule has 0 saturated carbocycles. The van der Waals surface area contributed by atoms with E-state index in [1.54, 1.807) is 0 Å². The number of halogens is 7. The maximum atomic E-state index is 14.0. The van der Waals surface area contributed by atoms with Crippen LogP contribution < -0.4 is 0 Å². The second-order valence-electron chi connectivity index (χ2n) is 4.23. The van der Waals surface area contributed by atoms with Crippen molar-refractivity contribution in [1.82, 2.24) is 0 Å². The molecule has 0 fully saturated rings. The molecule has 0 amide bonds. The van der Waals surface area contributed by atoms with Gasteiger partial charge in [0, 0.05) is 17.2 Å². The Morgan fingerprint density at radius 1 is 0.905 bits per heavy atom. The van der Waals surface area contributed by atoms with Crippen LogP contribution >= 0.6 is 15.9 Å². The summed E-state index contributed by atoms with van der Waals surface area (Å²) in [6, 6.07) is 5.29. The van der Waals surface area contributed by atoms with Gasteiger partial charge in [-0.2, -0.15) is 13.2 Å². The molecule has 2 aromatic carbocycles. The summed E-state index contributed by atoms with van der Waals surface area (Å²) in [7, 11) is 0. The average Bonchev–Trinajstić information content (AvgIpc) is 2.37. The predicted octanol–water partition coefficient (Wildman–Crippen LogP) is 5.61. The number of alkyl halides is 4. The number of rotatable bonds is 2. The van der Waals surface area contributed by atoms with E-state index in [-0.39, 0.29) is 11.1 Å². The highest BCUT2D eigenvalue weighted by atomic mass is 79.9. The van der Waals surface area contributed by atoms with Crippen LogP contribution in [0.3, 0.4) is 0 Å². The highest BCUT2D eigenvalue weighted by Gasteiger charge is 2.35. The molecule has 1 atom stereocenters. The number of hydrogen-bond donors (Lipinski definition) is 0. The average molecular weight is 369 g/mol. The normalized spacial score (nSPS) is 13.3. The molecule has 0 heterocycles. The summed E-state index contributed by atoms with van der Waals surface area (Å²) < 4.78 is 78.4. The smallest absolute Gasteiger partial charge is 0.207 e. The van der Waals surface area contributed by atoms with E-state index in [1.807, 2.05) is 0 Å². The Hall–Kier alpha value is -1.50. The molecule has 0 aliphatic rings. The summed E-state index contributed by atoms with van der Waals surface area (Å²) in [6.07, 6.45) is -4.85. The molecular weight excluding hydrogens is 362 g/mol. The SMILES string of the molecule is Fc1ccc(C(Br)c2cccc(C(F)(F)F)c2F)c(F)c1. The van der Waals surface area contributed by atoms with E-state index >= 15 is 0 Å². The summed E-state index contributed by atoms with van der Waals surface area (Å²) in [4.78, 5) is -1.17. The minimum atomic E-state index is -4.85. The molecule has 0 radical (unpaired) electrons. The van der Waals surface area contributed by atoms with Crippen LogP contribution in [-0.4, -0.2) is 0 Å². The second-order valence-corrected chi connectivity index (χ2v) is 5.15. The fourth-order valence-corrected chi connectivity index (χ4v) is 2.56. The van der Waals surface area contributed by atoms with Crippen LogP contribution in [-0.2, 0) is 6.18 Å². The Bertz CT molecular complexity index is 665. The standard InChI is InChI=1S/C14H7BrF6/c15-12(8-5-4-7(16)6-11(8)17)9-2-1-3-10(13(9)18)14(19,20)21/h1-6,12H. The molecule has 0 aliphatic carbocycles. The highest BCUT2D eigenvalue weighted by molar-refractivity contribution is 9.09. The first-order valence-corrected chi connectivity index (χ1v) is 6.58. The van der Waals surface area contributed by atoms with Gasteiger partial charge >= 0.3 is 6.18 Å². The summed E-state index contributed by atoms with van der Waals surface area (Å²) in [6.45, 7) is 0. The molecule has 0 aromatic heterocycles. The van der Waals surface area contributed by atoms with Crippen molar-refractivity contribution in [3.63, 3.8) is 0 Å². The van der Waals surface area contributed by atoms with Crippen LogP contribution in [0.4, 0.5) is 26.3 Å². The van der Waals surface area contributed by atoms with Crippen molar-refractivity contribution in [3.05, 3.63) is 70.5 Å². The first-order chi connectivity index (χ1) is 9.71. The molecule has 0 saturated heterocycles. The first-order valence-electron chi connectivity index (χ1n) is 5.66. The van der Waals surface area contributed by atoms with Crippen molar-refractivity contribution < 1.29 is 26.3 Å². The molecule has 112 valence electrons. The van der Waals surface area contributed by atoms with Crippen LogP contribution in [0.2, 0.25) is 0 Å². The highest BCUT2D eigenvalue weighted by Crippen LogP contribution is 2.39. The van der Waals surface area contributed by atoms with Crippen LogP contribution in [0.15, 0.2) is 36.4 Å². The number of benzene rings is 2. The fourth-order valence-electron chi connectivity index (χ4n) is 1.84. The zero-order valence-electron chi connectivity index (χ0n) is 10.2. The van der Waals surface area contributed by atoms with Gasteiger partial charge in [-0.15, -0.1) is 0 Å². The molecule has 2 aromatic rings. The van der Waals surface area contributed by atoms with Gasteiger partial charge in [-0.1, -0.05) is 34.1 Å². The quantitative estimate of drug-likeness (QED) is 0.477. The van der Waals surface area contributed by atoms with E-state index < -0.39 is 34.0 Å². The van der Waals surface area contributed by atoms with E-state index in [0.717, 1.165) is 24.3 Å². The van der Waals surface area contributed by atoms with E-state index in [2.05, 4.69) is 15.9 Å². The van der Waals surface area contributed by atoms with Gasteiger partial charge in [-0.25, -0.2) is 13.2 Å². The lowest BCUT2D eigenvalue weighted by Gasteiger charge is -2.16. The lowest BCUT2D eigenvalue weighted by Crippen LogP contribution is -2.11. The minimum Gasteiger partial charge on any atom is -0.207 e. The molecular formula is C14H7BrF6. The zero-order chi connectivity index (χ0) is 15.8. The minimum absolute atomic E-state index is 0.158. The van der Waals surface area contributed by atoms with Crippen LogP contribution in [0.5, 0.6) is 0 Å². The van der Waals surface area contributed by atoms with E-state index in [1.165, 1.54) is 0 Å². The van der Waals surface area contributed by atoms with Gasteiger partial charge in [0.1, 0.15) is 17.5 Å². The summed E-state index contributed by atoms with van der Waals surface area (Å²) >= 11 is 2.95. The van der Waals surface area contributed by atoms with Crippen molar-refractivity contribution in [2.75, 3.05) is 0 Å². The lowest BCUT2D eigenvalue weighted by molar-refractivity contribution is -0.140. The molecule has 0 aliphatic heterocycles. The summed E-state index contributed by atoms with van der Waals surface area (Å²) in [5, 5.41) is 0. The largest absolute Gasteiger partial charge is 0.419 e. The first kappa shape index (κ1) is 15.9. The van der Waals surface area contributed by atoms with Gasteiger partial charge in [-0.05, 0) is 12.1 Å². The molecule has 0 nitrogen and oxygen atoms in total. The third kappa shape index (κ3) is 3.23. The molecule has 0 N–H and O–H groups in total. The third-order valence-corrected chi connectivity index (χ3v) is 3.83. The Balaban J connectivity index is 2.51. The predicted molar refractivity (Wildman–Crippen MR) is 68.5 cm³/mol. The summed E-state index contributed by atoms with van der Waals surface area (Å²) in [5.74, 6) is -3.30. The Morgan fingerprint density at radius 2 is 1.57 bits per heavy atom. The Kier molecular flexibility index (Phi) is 4.32. The van der Waals surface area contributed by atoms with Crippen molar-refractivity contribution in [1.29, 1.82) is 0 Å². The maximum absolute atomic E-state index is 14.0. The summed E-state index contributed by atoms with van der Waals surface area (Å²) in [5.41, 5.74) is -1.98. The Morgan fingerprint density at radius 3 is 2.14 bits per heavy atom. The van der Waals surface area contributed by atoms with Crippen molar-refractivity contribution >= 4 is 15.9 Å². The molecule has 0 bridgehead atoms. The van der Waals surface area contributed by atoms with Gasteiger partial charge in [0.15, 0.2) is 0 Å². The molecule has 2 rings (SSSR count).